The molecule has 2 rings (SSSR count). The highest BCUT2D eigenvalue weighted by molar-refractivity contribution is 6.30. The Balaban J connectivity index is 2.52. The SMILES string of the molecule is Cc1cc(NN)nc(-c2ccc(Cl)c(F)c2)n1. The topological polar surface area (TPSA) is 63.8 Å². The maximum absolute atomic E-state index is 13.3. The highest BCUT2D eigenvalue weighted by Gasteiger charge is 2.07. The zero-order chi connectivity index (χ0) is 12.4. The first-order chi connectivity index (χ1) is 8.10. The fourth-order valence-corrected chi connectivity index (χ4v) is 1.52. The number of benzene rings is 1. The second-order valence-corrected chi connectivity index (χ2v) is 3.90. The summed E-state index contributed by atoms with van der Waals surface area (Å²) in [7, 11) is 0. The zero-order valence-electron chi connectivity index (χ0n) is 9.04. The van der Waals surface area contributed by atoms with Crippen molar-refractivity contribution >= 4 is 17.4 Å². The normalized spacial score (nSPS) is 10.4. The van der Waals surface area contributed by atoms with Gasteiger partial charge < -0.3 is 5.43 Å². The largest absolute Gasteiger partial charge is 0.308 e. The van der Waals surface area contributed by atoms with E-state index in [9.17, 15) is 4.39 Å². The Morgan fingerprint density at radius 2 is 2.06 bits per heavy atom. The van der Waals surface area contributed by atoms with Gasteiger partial charge in [-0.1, -0.05) is 11.6 Å². The molecule has 88 valence electrons. The average molecular weight is 253 g/mol. The molecule has 0 fully saturated rings. The number of nitrogens with one attached hydrogen (secondary N) is 1. The van der Waals surface area contributed by atoms with Crippen molar-refractivity contribution in [1.82, 2.24) is 9.97 Å². The van der Waals surface area contributed by atoms with E-state index < -0.39 is 5.82 Å². The lowest BCUT2D eigenvalue weighted by Gasteiger charge is -2.05. The van der Waals surface area contributed by atoms with Crippen molar-refractivity contribution in [2.45, 2.75) is 6.92 Å². The molecule has 1 heterocycles. The predicted octanol–water partition coefficient (Wildman–Crippen LogP) is 2.53. The lowest BCUT2D eigenvalue weighted by molar-refractivity contribution is 0.628. The number of hydrogen-bond donors (Lipinski definition) is 2. The highest BCUT2D eigenvalue weighted by atomic mass is 35.5. The van der Waals surface area contributed by atoms with Crippen molar-refractivity contribution in [1.29, 1.82) is 0 Å². The third-order valence-corrected chi connectivity index (χ3v) is 2.49. The standard InChI is InChI=1S/C11H10ClFN4/c1-6-4-10(17-14)16-11(15-6)7-2-3-8(12)9(13)5-7/h2-5H,14H2,1H3,(H,15,16,17). The molecular formula is C11H10ClFN4. The summed E-state index contributed by atoms with van der Waals surface area (Å²) in [5.41, 5.74) is 3.72. The minimum atomic E-state index is -0.503. The van der Waals surface area contributed by atoms with Gasteiger partial charge in [-0.25, -0.2) is 20.2 Å². The van der Waals surface area contributed by atoms with Crippen molar-refractivity contribution in [3.63, 3.8) is 0 Å². The Morgan fingerprint density at radius 3 is 2.71 bits per heavy atom. The van der Waals surface area contributed by atoms with Crippen LogP contribution < -0.4 is 11.3 Å². The number of anilines is 1. The van der Waals surface area contributed by atoms with Crippen LogP contribution in [-0.2, 0) is 0 Å². The van der Waals surface area contributed by atoms with Crippen LogP contribution >= 0.6 is 11.6 Å². The first-order valence-electron chi connectivity index (χ1n) is 4.88. The van der Waals surface area contributed by atoms with Crippen LogP contribution in [0.3, 0.4) is 0 Å². The van der Waals surface area contributed by atoms with Crippen molar-refractivity contribution in [2.75, 3.05) is 5.43 Å². The number of halogens is 2. The highest BCUT2D eigenvalue weighted by Crippen LogP contribution is 2.22. The molecule has 0 radical (unpaired) electrons. The molecule has 0 spiro atoms. The summed E-state index contributed by atoms with van der Waals surface area (Å²) in [6, 6.07) is 6.10. The van der Waals surface area contributed by atoms with E-state index in [-0.39, 0.29) is 5.02 Å². The number of hydrogen-bond acceptors (Lipinski definition) is 4. The van der Waals surface area contributed by atoms with Crippen LogP contribution in [0.1, 0.15) is 5.69 Å². The number of rotatable bonds is 2. The van der Waals surface area contributed by atoms with E-state index >= 15 is 0 Å². The van der Waals surface area contributed by atoms with Gasteiger partial charge in [0.05, 0.1) is 5.02 Å². The predicted molar refractivity (Wildman–Crippen MR) is 65.0 cm³/mol. The lowest BCUT2D eigenvalue weighted by Crippen LogP contribution is -2.10. The molecule has 2 aromatic rings. The third kappa shape index (κ3) is 2.51. The lowest BCUT2D eigenvalue weighted by atomic mass is 10.2. The smallest absolute Gasteiger partial charge is 0.161 e. The van der Waals surface area contributed by atoms with Gasteiger partial charge in [-0.15, -0.1) is 0 Å². The Kier molecular flexibility index (Phi) is 3.21. The maximum atomic E-state index is 13.3. The monoisotopic (exact) mass is 252 g/mol. The second kappa shape index (κ2) is 4.65. The molecule has 0 bridgehead atoms. The van der Waals surface area contributed by atoms with E-state index in [4.69, 9.17) is 17.4 Å². The quantitative estimate of drug-likeness (QED) is 0.637. The summed E-state index contributed by atoms with van der Waals surface area (Å²) >= 11 is 5.61. The summed E-state index contributed by atoms with van der Waals surface area (Å²) in [5, 5.41) is 0.0681. The van der Waals surface area contributed by atoms with Gasteiger partial charge >= 0.3 is 0 Å². The van der Waals surface area contributed by atoms with E-state index in [2.05, 4.69) is 15.4 Å². The molecule has 0 aliphatic rings. The second-order valence-electron chi connectivity index (χ2n) is 3.49. The molecule has 0 aliphatic heterocycles. The average Bonchev–Trinajstić information content (AvgIpc) is 2.32. The molecule has 0 saturated carbocycles. The third-order valence-electron chi connectivity index (χ3n) is 2.18. The van der Waals surface area contributed by atoms with Gasteiger partial charge in [-0.3, -0.25) is 0 Å². The van der Waals surface area contributed by atoms with Gasteiger partial charge in [0.1, 0.15) is 11.6 Å². The van der Waals surface area contributed by atoms with Crippen LogP contribution in [0.2, 0.25) is 5.02 Å². The van der Waals surface area contributed by atoms with E-state index in [1.165, 1.54) is 12.1 Å². The van der Waals surface area contributed by atoms with Crippen LogP contribution in [0.25, 0.3) is 11.4 Å². The zero-order valence-corrected chi connectivity index (χ0v) is 9.79. The number of aryl methyl sites for hydroxylation is 1. The van der Waals surface area contributed by atoms with Gasteiger partial charge in [-0.2, -0.15) is 0 Å². The van der Waals surface area contributed by atoms with Crippen LogP contribution in [0.15, 0.2) is 24.3 Å². The fraction of sp³-hybridized carbons (Fsp3) is 0.0909. The molecule has 0 saturated heterocycles. The van der Waals surface area contributed by atoms with Crippen LogP contribution in [0.4, 0.5) is 10.2 Å². The van der Waals surface area contributed by atoms with Gasteiger partial charge in [0.15, 0.2) is 5.82 Å². The van der Waals surface area contributed by atoms with Crippen molar-refractivity contribution in [2.24, 2.45) is 5.84 Å². The molecular weight excluding hydrogens is 243 g/mol. The minimum Gasteiger partial charge on any atom is -0.308 e. The van der Waals surface area contributed by atoms with Crippen LogP contribution in [0.5, 0.6) is 0 Å². The van der Waals surface area contributed by atoms with E-state index in [0.29, 0.717) is 17.2 Å². The van der Waals surface area contributed by atoms with E-state index in [1.807, 2.05) is 0 Å². The summed E-state index contributed by atoms with van der Waals surface area (Å²) in [6.07, 6.45) is 0. The molecule has 0 unspecified atom stereocenters. The van der Waals surface area contributed by atoms with E-state index in [1.54, 1.807) is 19.1 Å². The molecule has 0 amide bonds. The molecule has 1 aromatic carbocycles. The Morgan fingerprint density at radius 1 is 1.29 bits per heavy atom. The van der Waals surface area contributed by atoms with Crippen molar-refractivity contribution in [3.05, 3.63) is 40.8 Å². The van der Waals surface area contributed by atoms with Gasteiger partial charge in [0, 0.05) is 17.3 Å². The van der Waals surface area contributed by atoms with Gasteiger partial charge in [0.2, 0.25) is 0 Å². The van der Waals surface area contributed by atoms with Crippen molar-refractivity contribution in [3.8, 4) is 11.4 Å². The molecule has 17 heavy (non-hydrogen) atoms. The van der Waals surface area contributed by atoms with Gasteiger partial charge in [-0.05, 0) is 25.1 Å². The van der Waals surface area contributed by atoms with E-state index in [0.717, 1.165) is 5.69 Å². The Bertz CT molecular complexity index is 559. The number of hydrazine groups is 1. The number of nitrogens with zero attached hydrogens (tertiary/aromatic N) is 2. The molecule has 1 aromatic heterocycles. The molecule has 0 atom stereocenters. The number of aromatic nitrogens is 2. The molecule has 0 aliphatic carbocycles. The maximum Gasteiger partial charge on any atom is 0.161 e. The van der Waals surface area contributed by atoms with Crippen molar-refractivity contribution < 1.29 is 4.39 Å². The number of nitrogen functional groups attached to an aromatic ring is 1. The minimum absolute atomic E-state index is 0.0681. The van der Waals surface area contributed by atoms with Gasteiger partial charge in [0.25, 0.3) is 0 Å². The first kappa shape index (κ1) is 11.8. The summed E-state index contributed by atoms with van der Waals surface area (Å²) in [4.78, 5) is 8.34. The Hall–Kier alpha value is -1.72. The summed E-state index contributed by atoms with van der Waals surface area (Å²) in [5.74, 6) is 5.65. The van der Waals surface area contributed by atoms with Crippen LogP contribution in [0, 0.1) is 12.7 Å². The summed E-state index contributed by atoms with van der Waals surface area (Å²) < 4.78 is 13.3. The summed E-state index contributed by atoms with van der Waals surface area (Å²) in [6.45, 7) is 1.80. The fourth-order valence-electron chi connectivity index (χ4n) is 1.41. The first-order valence-corrected chi connectivity index (χ1v) is 5.25. The molecule has 3 N–H and O–H groups in total. The number of nitrogens with two attached hydrogens (primary N) is 1. The molecule has 4 nitrogen and oxygen atoms in total. The van der Waals surface area contributed by atoms with Crippen LogP contribution in [-0.4, -0.2) is 9.97 Å². The molecule has 6 heteroatoms. The Labute approximate surface area is 103 Å².